The van der Waals surface area contributed by atoms with Crippen LogP contribution in [0, 0.1) is 0 Å². The van der Waals surface area contributed by atoms with E-state index >= 15 is 0 Å². The van der Waals surface area contributed by atoms with Gasteiger partial charge in [-0.1, -0.05) is 121 Å². The average Bonchev–Trinajstić information content (AvgIpc) is 3.25. The van der Waals surface area contributed by atoms with Gasteiger partial charge in [0.25, 0.3) is 0 Å². The molecule has 0 amide bonds. The van der Waals surface area contributed by atoms with Gasteiger partial charge in [0.15, 0.2) is 0 Å². The molecule has 9 rings (SSSR count). The summed E-state index contributed by atoms with van der Waals surface area (Å²) in [6.45, 7) is 0. The molecule has 0 unspecified atom stereocenters. The van der Waals surface area contributed by atoms with Crippen LogP contribution in [0.5, 0.6) is 23.0 Å². The Balaban J connectivity index is 1.26. The second kappa shape index (κ2) is 10.1. The molecular weight excluding hydrogens is 555 g/mol. The van der Waals surface area contributed by atoms with Gasteiger partial charge in [-0.15, -0.1) is 0 Å². The van der Waals surface area contributed by atoms with Gasteiger partial charge in [-0.3, -0.25) is 0 Å². The molecule has 1 heterocycles. The molecule has 8 aromatic rings. The zero-order valence-electron chi connectivity index (χ0n) is 24.1. The van der Waals surface area contributed by atoms with Gasteiger partial charge < -0.3 is 19.1 Å². The van der Waals surface area contributed by atoms with E-state index in [9.17, 15) is 5.11 Å². The second-order valence-electron chi connectivity index (χ2n) is 11.3. The third kappa shape index (κ3) is 4.09. The van der Waals surface area contributed by atoms with Crippen molar-refractivity contribution in [2.45, 2.75) is 0 Å². The van der Waals surface area contributed by atoms with Crippen molar-refractivity contribution in [1.82, 2.24) is 0 Å². The molecule has 1 N–H and O–H groups in total. The summed E-state index contributed by atoms with van der Waals surface area (Å²) in [5, 5.41) is 19.6. The van der Waals surface area contributed by atoms with Crippen LogP contribution >= 0.6 is 0 Å². The fourth-order valence-corrected chi connectivity index (χ4v) is 6.73. The molecule has 0 spiro atoms. The Morgan fingerprint density at radius 3 is 1.31 bits per heavy atom. The highest BCUT2D eigenvalue weighted by atomic mass is 16.7. The molecule has 0 saturated carbocycles. The van der Waals surface area contributed by atoms with Crippen LogP contribution in [0.1, 0.15) is 0 Å². The minimum Gasteiger partial charge on any atom is -0.507 e. The molecule has 1 aliphatic rings. The van der Waals surface area contributed by atoms with Gasteiger partial charge in [-0.25, -0.2) is 0 Å². The van der Waals surface area contributed by atoms with Crippen molar-refractivity contribution in [3.05, 3.63) is 146 Å². The third-order valence-corrected chi connectivity index (χ3v) is 8.75. The second-order valence-corrected chi connectivity index (χ2v) is 11.3. The van der Waals surface area contributed by atoms with E-state index in [2.05, 4.69) is 48.5 Å². The Morgan fingerprint density at radius 1 is 0.400 bits per heavy atom. The monoisotopic (exact) mass is 580 g/mol. The van der Waals surface area contributed by atoms with E-state index in [0.29, 0.717) is 22.8 Å². The summed E-state index contributed by atoms with van der Waals surface area (Å²) in [4.78, 5) is 0. The number of rotatable bonds is 3. The van der Waals surface area contributed by atoms with E-state index in [4.69, 9.17) is 14.0 Å². The Morgan fingerprint density at radius 2 is 0.800 bits per heavy atom. The Kier molecular flexibility index (Phi) is 5.72. The summed E-state index contributed by atoms with van der Waals surface area (Å²) in [5.74, 6) is 2.05. The predicted octanol–water partition coefficient (Wildman–Crippen LogP) is 10.2. The van der Waals surface area contributed by atoms with Crippen molar-refractivity contribution in [1.29, 1.82) is 0 Å². The third-order valence-electron chi connectivity index (χ3n) is 8.75. The number of hydrogen-bond acceptors (Lipinski definition) is 4. The minimum absolute atomic E-state index is 0.172. The summed E-state index contributed by atoms with van der Waals surface area (Å²) < 4.78 is 19.9. The van der Waals surface area contributed by atoms with Gasteiger partial charge >= 0.3 is 7.32 Å². The predicted molar refractivity (Wildman–Crippen MR) is 183 cm³/mol. The number of fused-ring (bicyclic) bond motifs is 9. The van der Waals surface area contributed by atoms with Crippen LogP contribution in [0.25, 0.3) is 65.3 Å². The Bertz CT molecular complexity index is 2360. The van der Waals surface area contributed by atoms with E-state index in [0.717, 1.165) is 59.8 Å². The SMILES string of the molecule is Oc1ccc2ccccc2c1-c1c(OB2Oc3ccc4ccccc4c3-c3c(ccc4ccccc34)O2)ccc2ccccc12. The smallest absolute Gasteiger partial charge is 0.507 e. The molecule has 0 fully saturated rings. The van der Waals surface area contributed by atoms with Crippen molar-refractivity contribution in [2.75, 3.05) is 0 Å². The zero-order valence-corrected chi connectivity index (χ0v) is 24.1. The van der Waals surface area contributed by atoms with E-state index in [-0.39, 0.29) is 5.75 Å². The van der Waals surface area contributed by atoms with Crippen LogP contribution in [-0.2, 0) is 0 Å². The Labute approximate surface area is 259 Å². The van der Waals surface area contributed by atoms with Crippen LogP contribution in [0.4, 0.5) is 0 Å². The van der Waals surface area contributed by atoms with Crippen molar-refractivity contribution < 1.29 is 19.1 Å². The summed E-state index contributed by atoms with van der Waals surface area (Å²) in [6, 6.07) is 48.6. The number of aromatic hydroxyl groups is 1. The van der Waals surface area contributed by atoms with Crippen LogP contribution < -0.4 is 14.0 Å². The molecule has 0 aliphatic carbocycles. The Hall–Kier alpha value is -5.94. The summed E-state index contributed by atoms with van der Waals surface area (Å²) in [7, 11) is -1.11. The van der Waals surface area contributed by atoms with Crippen molar-refractivity contribution in [2.24, 2.45) is 0 Å². The minimum atomic E-state index is -1.11. The summed E-state index contributed by atoms with van der Waals surface area (Å²) in [5.41, 5.74) is 3.41. The molecular formula is C40H25BO4. The number of benzene rings is 8. The fourth-order valence-electron chi connectivity index (χ4n) is 6.73. The highest BCUT2D eigenvalue weighted by Gasteiger charge is 2.37. The maximum Gasteiger partial charge on any atom is 0.864 e. The largest absolute Gasteiger partial charge is 0.864 e. The lowest BCUT2D eigenvalue weighted by atomic mass is 9.92. The molecule has 0 atom stereocenters. The van der Waals surface area contributed by atoms with Gasteiger partial charge in [0, 0.05) is 22.3 Å². The summed E-state index contributed by atoms with van der Waals surface area (Å²) >= 11 is 0. The lowest BCUT2D eigenvalue weighted by Crippen LogP contribution is -2.36. The zero-order chi connectivity index (χ0) is 29.9. The summed E-state index contributed by atoms with van der Waals surface area (Å²) in [6.07, 6.45) is 0. The standard InChI is InChI=1S/C40H25BO4/c42-33-21-17-25-9-1-5-13-29(25)37(33)38-30-14-6-2-10-26(30)18-22-34(38)43-41-44-35-23-19-27-11-3-7-15-31(27)39(35)40-32-16-8-4-12-28(32)20-24-36(40)45-41/h1-24,42H. The van der Waals surface area contributed by atoms with Crippen LogP contribution in [0.15, 0.2) is 146 Å². The van der Waals surface area contributed by atoms with Gasteiger partial charge in [-0.05, 0) is 67.4 Å². The van der Waals surface area contributed by atoms with Gasteiger partial charge in [0.05, 0.1) is 0 Å². The quantitative estimate of drug-likeness (QED) is 0.211. The molecule has 1 aliphatic heterocycles. The van der Waals surface area contributed by atoms with E-state index < -0.39 is 7.32 Å². The van der Waals surface area contributed by atoms with Gasteiger partial charge in [-0.2, -0.15) is 0 Å². The highest BCUT2D eigenvalue weighted by Crippen LogP contribution is 2.49. The number of phenols is 1. The van der Waals surface area contributed by atoms with Gasteiger partial charge in [0.1, 0.15) is 23.0 Å². The van der Waals surface area contributed by atoms with Crippen molar-refractivity contribution >= 4 is 50.4 Å². The van der Waals surface area contributed by atoms with Crippen LogP contribution in [-0.4, -0.2) is 12.4 Å². The molecule has 0 radical (unpaired) electrons. The van der Waals surface area contributed by atoms with Crippen molar-refractivity contribution in [3.8, 4) is 45.3 Å². The molecule has 0 saturated heterocycles. The fraction of sp³-hybridized carbons (Fsp3) is 0. The van der Waals surface area contributed by atoms with E-state index in [1.807, 2.05) is 91.0 Å². The molecule has 5 heteroatoms. The van der Waals surface area contributed by atoms with E-state index in [1.54, 1.807) is 6.07 Å². The molecule has 8 aromatic carbocycles. The normalized spacial score (nSPS) is 12.4. The molecule has 0 aromatic heterocycles. The maximum absolute atomic E-state index is 11.3. The first-order valence-electron chi connectivity index (χ1n) is 15.0. The lowest BCUT2D eigenvalue weighted by molar-refractivity contribution is 0.313. The van der Waals surface area contributed by atoms with Crippen LogP contribution in [0.2, 0.25) is 0 Å². The molecule has 0 bridgehead atoms. The molecule has 45 heavy (non-hydrogen) atoms. The average molecular weight is 580 g/mol. The highest BCUT2D eigenvalue weighted by molar-refractivity contribution is 6.41. The first kappa shape index (κ1) is 25.6. The van der Waals surface area contributed by atoms with E-state index in [1.165, 1.54) is 0 Å². The lowest BCUT2D eigenvalue weighted by Gasteiger charge is -2.20. The number of hydrogen-bond donors (Lipinski definition) is 1. The first-order valence-corrected chi connectivity index (χ1v) is 15.0. The van der Waals surface area contributed by atoms with Crippen LogP contribution in [0.3, 0.4) is 0 Å². The molecule has 212 valence electrons. The first-order chi connectivity index (χ1) is 22.2. The topological polar surface area (TPSA) is 47.9 Å². The molecule has 4 nitrogen and oxygen atoms in total. The van der Waals surface area contributed by atoms with Gasteiger partial charge in [0.2, 0.25) is 0 Å². The number of phenolic OH excluding ortho intramolecular Hbond substituents is 1. The van der Waals surface area contributed by atoms with Crippen molar-refractivity contribution in [3.63, 3.8) is 0 Å². The maximum atomic E-state index is 11.3.